The molecule has 0 bridgehead atoms. The van der Waals surface area contributed by atoms with Crippen molar-refractivity contribution in [2.24, 2.45) is 0 Å². The van der Waals surface area contributed by atoms with Gasteiger partial charge in [0.2, 0.25) is 11.8 Å². The van der Waals surface area contributed by atoms with Crippen LogP contribution in [0.5, 0.6) is 0 Å². The van der Waals surface area contributed by atoms with Gasteiger partial charge in [-0.05, 0) is 31.4 Å². The standard InChI is InChI=1S/C17H23N3O2/c21-16-9-5-11-20(16)13-17(22)19-10-4-8-15(12-19)18-14-6-2-1-3-7-14/h1-3,6-7,15,18H,4-5,8-13H2/t15-/m0/s1. The smallest absolute Gasteiger partial charge is 0.242 e. The number of likely N-dealkylation sites (tertiary alicyclic amines) is 2. The van der Waals surface area contributed by atoms with Crippen molar-refractivity contribution in [2.75, 3.05) is 31.5 Å². The van der Waals surface area contributed by atoms with Gasteiger partial charge < -0.3 is 15.1 Å². The molecule has 0 spiro atoms. The van der Waals surface area contributed by atoms with E-state index in [1.807, 2.05) is 35.2 Å². The third-order valence-corrected chi connectivity index (χ3v) is 4.42. The summed E-state index contributed by atoms with van der Waals surface area (Å²) in [5, 5.41) is 3.49. The van der Waals surface area contributed by atoms with Crippen molar-refractivity contribution < 1.29 is 9.59 Å². The van der Waals surface area contributed by atoms with Crippen LogP contribution in [0.25, 0.3) is 0 Å². The molecule has 2 heterocycles. The van der Waals surface area contributed by atoms with Gasteiger partial charge in [-0.3, -0.25) is 9.59 Å². The van der Waals surface area contributed by atoms with Crippen LogP contribution in [0.3, 0.4) is 0 Å². The van der Waals surface area contributed by atoms with E-state index in [0.29, 0.717) is 6.42 Å². The zero-order valence-electron chi connectivity index (χ0n) is 12.8. The van der Waals surface area contributed by atoms with Crippen molar-refractivity contribution in [3.05, 3.63) is 30.3 Å². The van der Waals surface area contributed by atoms with Crippen LogP contribution >= 0.6 is 0 Å². The number of amides is 2. The molecule has 0 saturated carbocycles. The van der Waals surface area contributed by atoms with Gasteiger partial charge in [-0.25, -0.2) is 0 Å². The van der Waals surface area contributed by atoms with Crippen molar-refractivity contribution in [3.8, 4) is 0 Å². The number of piperidine rings is 1. The Kier molecular flexibility index (Phi) is 4.61. The molecule has 2 aliphatic rings. The third-order valence-electron chi connectivity index (χ3n) is 4.42. The summed E-state index contributed by atoms with van der Waals surface area (Å²) in [6.07, 6.45) is 3.54. The highest BCUT2D eigenvalue weighted by Gasteiger charge is 2.28. The van der Waals surface area contributed by atoms with Crippen molar-refractivity contribution in [1.29, 1.82) is 0 Å². The van der Waals surface area contributed by atoms with Gasteiger partial charge in [0.25, 0.3) is 0 Å². The summed E-state index contributed by atoms with van der Waals surface area (Å²) in [7, 11) is 0. The van der Waals surface area contributed by atoms with Crippen molar-refractivity contribution in [3.63, 3.8) is 0 Å². The third kappa shape index (κ3) is 3.59. The maximum Gasteiger partial charge on any atom is 0.242 e. The predicted molar refractivity (Wildman–Crippen MR) is 85.5 cm³/mol. The number of nitrogens with zero attached hydrogens (tertiary/aromatic N) is 2. The summed E-state index contributed by atoms with van der Waals surface area (Å²) in [4.78, 5) is 27.6. The Bertz CT molecular complexity index is 532. The number of benzene rings is 1. The zero-order valence-corrected chi connectivity index (χ0v) is 12.8. The van der Waals surface area contributed by atoms with Crippen LogP contribution in [0.1, 0.15) is 25.7 Å². The minimum atomic E-state index is 0.0785. The van der Waals surface area contributed by atoms with E-state index in [0.717, 1.165) is 44.6 Å². The highest BCUT2D eigenvalue weighted by atomic mass is 16.2. The van der Waals surface area contributed by atoms with Crippen LogP contribution in [0.2, 0.25) is 0 Å². The van der Waals surface area contributed by atoms with E-state index in [4.69, 9.17) is 0 Å². The van der Waals surface area contributed by atoms with Gasteiger partial charge >= 0.3 is 0 Å². The highest BCUT2D eigenvalue weighted by molar-refractivity contribution is 5.86. The molecule has 5 heteroatoms. The van der Waals surface area contributed by atoms with Gasteiger partial charge in [0.05, 0.1) is 6.54 Å². The Labute approximate surface area is 131 Å². The van der Waals surface area contributed by atoms with Gasteiger partial charge in [-0.15, -0.1) is 0 Å². The lowest BCUT2D eigenvalue weighted by molar-refractivity contribution is -0.139. The number of rotatable bonds is 4. The quantitative estimate of drug-likeness (QED) is 0.921. The number of carbonyl (C=O) groups excluding carboxylic acids is 2. The average molecular weight is 301 g/mol. The molecule has 1 aromatic carbocycles. The lowest BCUT2D eigenvalue weighted by atomic mass is 10.1. The molecule has 22 heavy (non-hydrogen) atoms. The van der Waals surface area contributed by atoms with E-state index in [-0.39, 0.29) is 24.4 Å². The number of para-hydroxylation sites is 1. The lowest BCUT2D eigenvalue weighted by Crippen LogP contribution is -2.48. The van der Waals surface area contributed by atoms with Gasteiger partial charge in [0.1, 0.15) is 0 Å². The maximum absolute atomic E-state index is 12.4. The minimum absolute atomic E-state index is 0.0785. The first kappa shape index (κ1) is 14.9. The van der Waals surface area contributed by atoms with E-state index in [1.165, 1.54) is 0 Å². The van der Waals surface area contributed by atoms with Crippen LogP contribution in [-0.4, -0.2) is 53.8 Å². The molecule has 5 nitrogen and oxygen atoms in total. The average Bonchev–Trinajstić information content (AvgIpc) is 2.94. The molecule has 1 N–H and O–H groups in total. The fourth-order valence-corrected chi connectivity index (χ4v) is 3.23. The van der Waals surface area contributed by atoms with Crippen LogP contribution in [-0.2, 0) is 9.59 Å². The van der Waals surface area contributed by atoms with E-state index in [1.54, 1.807) is 4.90 Å². The summed E-state index contributed by atoms with van der Waals surface area (Å²) in [5.41, 5.74) is 1.09. The number of carbonyl (C=O) groups is 2. The topological polar surface area (TPSA) is 52.7 Å². The molecular formula is C17H23N3O2. The highest BCUT2D eigenvalue weighted by Crippen LogP contribution is 2.17. The molecule has 2 saturated heterocycles. The monoisotopic (exact) mass is 301 g/mol. The summed E-state index contributed by atoms with van der Waals surface area (Å²) in [5.74, 6) is 0.194. The second-order valence-corrected chi connectivity index (χ2v) is 6.11. The Morgan fingerprint density at radius 2 is 2.00 bits per heavy atom. The molecule has 2 aliphatic heterocycles. The van der Waals surface area contributed by atoms with Crippen LogP contribution in [0.15, 0.2) is 30.3 Å². The molecule has 0 radical (unpaired) electrons. The van der Waals surface area contributed by atoms with E-state index < -0.39 is 0 Å². The fraction of sp³-hybridized carbons (Fsp3) is 0.529. The van der Waals surface area contributed by atoms with E-state index >= 15 is 0 Å². The largest absolute Gasteiger partial charge is 0.381 e. The molecule has 0 aromatic heterocycles. The van der Waals surface area contributed by atoms with Crippen molar-refractivity contribution in [1.82, 2.24) is 9.80 Å². The molecule has 0 unspecified atom stereocenters. The van der Waals surface area contributed by atoms with E-state index in [9.17, 15) is 9.59 Å². The Hall–Kier alpha value is -2.04. The molecular weight excluding hydrogens is 278 g/mol. The number of hydrogen-bond acceptors (Lipinski definition) is 3. The van der Waals surface area contributed by atoms with Gasteiger partial charge in [-0.2, -0.15) is 0 Å². The molecule has 0 aliphatic carbocycles. The Morgan fingerprint density at radius 3 is 2.73 bits per heavy atom. The summed E-state index contributed by atoms with van der Waals surface area (Å²) >= 11 is 0. The first-order chi connectivity index (χ1) is 10.7. The normalized spacial score (nSPS) is 22.0. The van der Waals surface area contributed by atoms with Gasteiger partial charge in [0, 0.05) is 37.8 Å². The Morgan fingerprint density at radius 1 is 1.18 bits per heavy atom. The second-order valence-electron chi connectivity index (χ2n) is 6.11. The molecule has 1 atom stereocenters. The zero-order chi connectivity index (χ0) is 15.4. The molecule has 2 fully saturated rings. The molecule has 3 rings (SSSR count). The maximum atomic E-state index is 12.4. The molecule has 1 aromatic rings. The second kappa shape index (κ2) is 6.81. The van der Waals surface area contributed by atoms with Crippen LogP contribution in [0, 0.1) is 0 Å². The Balaban J connectivity index is 1.53. The van der Waals surface area contributed by atoms with Crippen molar-refractivity contribution >= 4 is 17.5 Å². The van der Waals surface area contributed by atoms with Gasteiger partial charge in [-0.1, -0.05) is 18.2 Å². The van der Waals surface area contributed by atoms with E-state index in [2.05, 4.69) is 5.32 Å². The lowest BCUT2D eigenvalue weighted by Gasteiger charge is -2.34. The molecule has 118 valence electrons. The number of nitrogens with one attached hydrogen (secondary N) is 1. The van der Waals surface area contributed by atoms with Crippen LogP contribution < -0.4 is 5.32 Å². The number of anilines is 1. The summed E-state index contributed by atoms with van der Waals surface area (Å²) in [6, 6.07) is 10.4. The number of hydrogen-bond donors (Lipinski definition) is 1. The fourth-order valence-electron chi connectivity index (χ4n) is 3.23. The first-order valence-corrected chi connectivity index (χ1v) is 8.09. The summed E-state index contributed by atoms with van der Waals surface area (Å²) < 4.78 is 0. The molecule has 2 amide bonds. The van der Waals surface area contributed by atoms with Crippen LogP contribution in [0.4, 0.5) is 5.69 Å². The predicted octanol–water partition coefficient (Wildman–Crippen LogP) is 1.71. The van der Waals surface area contributed by atoms with Gasteiger partial charge in [0.15, 0.2) is 0 Å². The minimum Gasteiger partial charge on any atom is -0.381 e. The SMILES string of the molecule is O=C1CCCN1CC(=O)N1CCC[C@H](Nc2ccccc2)C1. The van der Waals surface area contributed by atoms with Crippen molar-refractivity contribution in [2.45, 2.75) is 31.7 Å². The first-order valence-electron chi connectivity index (χ1n) is 8.09. The summed E-state index contributed by atoms with van der Waals surface area (Å²) in [6.45, 7) is 2.49.